The molecule has 1 unspecified atom stereocenters. The van der Waals surface area contributed by atoms with Crippen LogP contribution in [0.1, 0.15) is 30.1 Å². The van der Waals surface area contributed by atoms with Gasteiger partial charge < -0.3 is 10.4 Å². The Morgan fingerprint density at radius 3 is 2.83 bits per heavy atom. The molecule has 6 heteroatoms. The number of aliphatic carboxylic acids is 1. The first-order chi connectivity index (χ1) is 8.52. The Kier molecular flexibility index (Phi) is 5.58. The van der Waals surface area contributed by atoms with Crippen molar-refractivity contribution in [1.29, 1.82) is 0 Å². The lowest BCUT2D eigenvalue weighted by molar-refractivity contribution is -0.138. The molecule has 0 saturated heterocycles. The maximum atomic E-state index is 11.8. The summed E-state index contributed by atoms with van der Waals surface area (Å²) >= 11 is 5.68. The van der Waals surface area contributed by atoms with E-state index in [1.807, 2.05) is 6.92 Å². The molecular weight excluding hydrogens is 256 g/mol. The van der Waals surface area contributed by atoms with Crippen LogP contribution in [0, 0.1) is 5.92 Å². The van der Waals surface area contributed by atoms with Crippen molar-refractivity contribution in [3.63, 3.8) is 0 Å². The fraction of sp³-hybridized carbons (Fsp3) is 0.417. The number of carboxylic acids is 1. The predicted molar refractivity (Wildman–Crippen MR) is 67.6 cm³/mol. The molecule has 98 valence electrons. The highest BCUT2D eigenvalue weighted by atomic mass is 35.5. The van der Waals surface area contributed by atoms with Gasteiger partial charge >= 0.3 is 5.97 Å². The molecule has 2 N–H and O–H groups in total. The average Bonchev–Trinajstić information content (AvgIpc) is 2.33. The van der Waals surface area contributed by atoms with Gasteiger partial charge in [0.15, 0.2) is 0 Å². The molecule has 0 aromatic carbocycles. The maximum Gasteiger partial charge on any atom is 0.303 e. The highest BCUT2D eigenvalue weighted by Gasteiger charge is 2.13. The highest BCUT2D eigenvalue weighted by Crippen LogP contribution is 2.09. The second-order valence-corrected chi connectivity index (χ2v) is 4.34. The van der Waals surface area contributed by atoms with Gasteiger partial charge in [0, 0.05) is 24.7 Å². The SMILES string of the molecule is CCC(CNC(=O)c1ccnc(Cl)c1)CC(=O)O. The van der Waals surface area contributed by atoms with Gasteiger partial charge in [0.2, 0.25) is 0 Å². The van der Waals surface area contributed by atoms with Gasteiger partial charge in [-0.1, -0.05) is 24.9 Å². The van der Waals surface area contributed by atoms with Gasteiger partial charge in [-0.05, 0) is 18.1 Å². The van der Waals surface area contributed by atoms with Crippen molar-refractivity contribution in [2.75, 3.05) is 6.54 Å². The normalized spacial score (nSPS) is 11.9. The number of aromatic nitrogens is 1. The van der Waals surface area contributed by atoms with Gasteiger partial charge in [-0.3, -0.25) is 9.59 Å². The molecule has 5 nitrogen and oxygen atoms in total. The zero-order chi connectivity index (χ0) is 13.5. The molecule has 0 fully saturated rings. The molecule has 1 amide bonds. The second-order valence-electron chi connectivity index (χ2n) is 3.95. The molecule has 18 heavy (non-hydrogen) atoms. The van der Waals surface area contributed by atoms with Crippen LogP contribution in [0.25, 0.3) is 0 Å². The third-order valence-corrected chi connectivity index (χ3v) is 2.79. The third kappa shape index (κ3) is 4.71. The topological polar surface area (TPSA) is 79.3 Å². The molecule has 1 heterocycles. The Morgan fingerprint density at radius 1 is 1.56 bits per heavy atom. The van der Waals surface area contributed by atoms with Gasteiger partial charge in [0.25, 0.3) is 5.91 Å². The Balaban J connectivity index is 2.52. The first-order valence-corrected chi connectivity index (χ1v) is 6.02. The Bertz CT molecular complexity index is 437. The van der Waals surface area contributed by atoms with Crippen LogP contribution in [0.3, 0.4) is 0 Å². The largest absolute Gasteiger partial charge is 0.481 e. The number of nitrogens with zero attached hydrogens (tertiary/aromatic N) is 1. The Hall–Kier alpha value is -1.62. The Labute approximate surface area is 110 Å². The zero-order valence-electron chi connectivity index (χ0n) is 10.0. The number of pyridine rings is 1. The molecular formula is C12H15ClN2O3. The van der Waals surface area contributed by atoms with Crippen LogP contribution >= 0.6 is 11.6 Å². The van der Waals surface area contributed by atoms with E-state index >= 15 is 0 Å². The van der Waals surface area contributed by atoms with Crippen LogP contribution in [0.15, 0.2) is 18.3 Å². The first kappa shape index (κ1) is 14.4. The first-order valence-electron chi connectivity index (χ1n) is 5.64. The molecule has 0 saturated carbocycles. The molecule has 0 aliphatic rings. The highest BCUT2D eigenvalue weighted by molar-refractivity contribution is 6.29. The number of amides is 1. The number of carboxylic acid groups (broad SMARTS) is 1. The summed E-state index contributed by atoms with van der Waals surface area (Å²) in [4.78, 5) is 26.1. The average molecular weight is 271 g/mol. The maximum absolute atomic E-state index is 11.8. The summed E-state index contributed by atoms with van der Waals surface area (Å²) in [6, 6.07) is 3.02. The molecule has 0 radical (unpaired) electrons. The smallest absolute Gasteiger partial charge is 0.303 e. The van der Waals surface area contributed by atoms with E-state index < -0.39 is 5.97 Å². The van der Waals surface area contributed by atoms with E-state index in [-0.39, 0.29) is 23.4 Å². The van der Waals surface area contributed by atoms with Gasteiger partial charge in [-0.2, -0.15) is 0 Å². The minimum absolute atomic E-state index is 0.0495. The molecule has 0 spiro atoms. The standard InChI is InChI=1S/C12H15ClN2O3/c1-2-8(5-11(16)17)7-15-12(18)9-3-4-14-10(13)6-9/h3-4,6,8H,2,5,7H2,1H3,(H,15,18)(H,16,17). The lowest BCUT2D eigenvalue weighted by Gasteiger charge is -2.13. The number of carbonyl (C=O) groups excluding carboxylic acids is 1. The summed E-state index contributed by atoms with van der Waals surface area (Å²) < 4.78 is 0. The number of carbonyl (C=O) groups is 2. The van der Waals surface area contributed by atoms with E-state index in [1.54, 1.807) is 6.07 Å². The van der Waals surface area contributed by atoms with Gasteiger partial charge in [0.1, 0.15) is 5.15 Å². The predicted octanol–water partition coefficient (Wildman–Crippen LogP) is 1.97. The summed E-state index contributed by atoms with van der Waals surface area (Å²) in [6.45, 7) is 2.23. The monoisotopic (exact) mass is 270 g/mol. The minimum atomic E-state index is -0.858. The lowest BCUT2D eigenvalue weighted by atomic mass is 10.0. The molecule has 1 atom stereocenters. The van der Waals surface area contributed by atoms with Crippen LogP contribution < -0.4 is 5.32 Å². The summed E-state index contributed by atoms with van der Waals surface area (Å²) in [5.41, 5.74) is 0.417. The number of hydrogen-bond donors (Lipinski definition) is 2. The fourth-order valence-corrected chi connectivity index (χ4v) is 1.66. The van der Waals surface area contributed by atoms with Crippen molar-refractivity contribution in [3.8, 4) is 0 Å². The second kappa shape index (κ2) is 6.96. The van der Waals surface area contributed by atoms with Gasteiger partial charge in [0.05, 0.1) is 0 Å². The van der Waals surface area contributed by atoms with E-state index in [1.165, 1.54) is 12.3 Å². The number of hydrogen-bond acceptors (Lipinski definition) is 3. The fourth-order valence-electron chi connectivity index (χ4n) is 1.49. The van der Waals surface area contributed by atoms with Gasteiger partial charge in [-0.15, -0.1) is 0 Å². The van der Waals surface area contributed by atoms with Crippen LogP contribution in [-0.4, -0.2) is 28.5 Å². The van der Waals surface area contributed by atoms with Crippen molar-refractivity contribution >= 4 is 23.5 Å². The summed E-state index contributed by atoms with van der Waals surface area (Å²) in [5.74, 6) is -1.20. The molecule has 0 aliphatic heterocycles. The summed E-state index contributed by atoms with van der Waals surface area (Å²) in [7, 11) is 0. The van der Waals surface area contributed by atoms with Crippen molar-refractivity contribution in [1.82, 2.24) is 10.3 Å². The van der Waals surface area contributed by atoms with E-state index in [9.17, 15) is 9.59 Å². The zero-order valence-corrected chi connectivity index (χ0v) is 10.8. The van der Waals surface area contributed by atoms with E-state index in [4.69, 9.17) is 16.7 Å². The Morgan fingerprint density at radius 2 is 2.28 bits per heavy atom. The van der Waals surface area contributed by atoms with Crippen LogP contribution in [0.4, 0.5) is 0 Å². The number of nitrogens with one attached hydrogen (secondary N) is 1. The van der Waals surface area contributed by atoms with Crippen molar-refractivity contribution in [2.24, 2.45) is 5.92 Å². The molecule has 1 rings (SSSR count). The van der Waals surface area contributed by atoms with Crippen LogP contribution in [-0.2, 0) is 4.79 Å². The number of halogens is 1. The van der Waals surface area contributed by atoms with Crippen molar-refractivity contribution in [2.45, 2.75) is 19.8 Å². The third-order valence-electron chi connectivity index (χ3n) is 2.58. The quantitative estimate of drug-likeness (QED) is 0.775. The van der Waals surface area contributed by atoms with Crippen LogP contribution in [0.5, 0.6) is 0 Å². The van der Waals surface area contributed by atoms with E-state index in [0.29, 0.717) is 18.5 Å². The van der Waals surface area contributed by atoms with E-state index in [2.05, 4.69) is 10.3 Å². The molecule has 1 aromatic rings. The van der Waals surface area contributed by atoms with E-state index in [0.717, 1.165) is 0 Å². The van der Waals surface area contributed by atoms with Crippen molar-refractivity contribution in [3.05, 3.63) is 29.0 Å². The molecule has 0 aliphatic carbocycles. The van der Waals surface area contributed by atoms with Crippen molar-refractivity contribution < 1.29 is 14.7 Å². The minimum Gasteiger partial charge on any atom is -0.481 e. The van der Waals surface area contributed by atoms with Gasteiger partial charge in [-0.25, -0.2) is 4.98 Å². The summed E-state index contributed by atoms with van der Waals surface area (Å²) in [5, 5.41) is 11.6. The number of rotatable bonds is 6. The lowest BCUT2D eigenvalue weighted by Crippen LogP contribution is -2.30. The van der Waals surface area contributed by atoms with Crippen LogP contribution in [0.2, 0.25) is 5.15 Å². The molecule has 1 aromatic heterocycles. The summed E-state index contributed by atoms with van der Waals surface area (Å²) in [6.07, 6.45) is 2.20. The molecule has 0 bridgehead atoms.